The van der Waals surface area contributed by atoms with Gasteiger partial charge in [-0.2, -0.15) is 0 Å². The van der Waals surface area contributed by atoms with Gasteiger partial charge in [0.1, 0.15) is 0 Å². The molecular weight excluding hydrogens is 248 g/mol. The third-order valence-corrected chi connectivity index (χ3v) is 4.74. The standard InChI is InChI=1S/C16H28N4/c1-13-12-20(15-6-4-3-5-7-15)16(18-13)17-10-11-19(2)14-8-9-14/h12,14-15H,3-11H2,1-2H3,(H,17,18). The maximum atomic E-state index is 4.68. The van der Waals surface area contributed by atoms with Crippen molar-refractivity contribution in [2.45, 2.75) is 64.0 Å². The Bertz CT molecular complexity index is 430. The lowest BCUT2D eigenvalue weighted by atomic mass is 9.95. The zero-order valence-corrected chi connectivity index (χ0v) is 12.9. The van der Waals surface area contributed by atoms with Crippen LogP contribution in [-0.2, 0) is 0 Å². The minimum absolute atomic E-state index is 0.661. The van der Waals surface area contributed by atoms with Gasteiger partial charge in [0.05, 0.1) is 5.69 Å². The molecule has 0 aliphatic heterocycles. The van der Waals surface area contributed by atoms with Gasteiger partial charge in [-0.1, -0.05) is 19.3 Å². The summed E-state index contributed by atoms with van der Waals surface area (Å²) < 4.78 is 2.39. The van der Waals surface area contributed by atoms with Crippen LogP contribution in [0.15, 0.2) is 6.20 Å². The van der Waals surface area contributed by atoms with Crippen molar-refractivity contribution in [3.63, 3.8) is 0 Å². The Morgan fingerprint density at radius 3 is 2.70 bits per heavy atom. The number of rotatable bonds is 6. The molecule has 4 heteroatoms. The van der Waals surface area contributed by atoms with E-state index < -0.39 is 0 Å². The zero-order valence-electron chi connectivity index (χ0n) is 12.9. The van der Waals surface area contributed by atoms with Gasteiger partial charge in [0.15, 0.2) is 0 Å². The van der Waals surface area contributed by atoms with Crippen molar-refractivity contribution >= 4 is 5.95 Å². The summed E-state index contributed by atoms with van der Waals surface area (Å²) in [4.78, 5) is 7.14. The van der Waals surface area contributed by atoms with Crippen LogP contribution in [0.5, 0.6) is 0 Å². The van der Waals surface area contributed by atoms with Gasteiger partial charge < -0.3 is 14.8 Å². The largest absolute Gasteiger partial charge is 0.354 e. The highest BCUT2D eigenvalue weighted by molar-refractivity contribution is 5.29. The molecule has 20 heavy (non-hydrogen) atoms. The lowest BCUT2D eigenvalue weighted by Crippen LogP contribution is -2.28. The summed E-state index contributed by atoms with van der Waals surface area (Å²) in [5.41, 5.74) is 1.13. The molecule has 3 rings (SSSR count). The van der Waals surface area contributed by atoms with Crippen molar-refractivity contribution in [3.05, 3.63) is 11.9 Å². The molecular formula is C16H28N4. The van der Waals surface area contributed by atoms with Gasteiger partial charge in [-0.25, -0.2) is 4.98 Å². The molecule has 0 radical (unpaired) electrons. The molecule has 1 aromatic heterocycles. The van der Waals surface area contributed by atoms with E-state index in [4.69, 9.17) is 0 Å². The van der Waals surface area contributed by atoms with Gasteiger partial charge >= 0.3 is 0 Å². The van der Waals surface area contributed by atoms with Gasteiger partial charge in [-0.15, -0.1) is 0 Å². The monoisotopic (exact) mass is 276 g/mol. The normalized spacial score (nSPS) is 20.6. The molecule has 0 aromatic carbocycles. The highest BCUT2D eigenvalue weighted by atomic mass is 15.2. The maximum absolute atomic E-state index is 4.68. The van der Waals surface area contributed by atoms with E-state index in [-0.39, 0.29) is 0 Å². The van der Waals surface area contributed by atoms with E-state index >= 15 is 0 Å². The number of hydrogen-bond donors (Lipinski definition) is 1. The molecule has 2 saturated carbocycles. The minimum Gasteiger partial charge on any atom is -0.354 e. The molecule has 1 aromatic rings. The second kappa shape index (κ2) is 6.17. The highest BCUT2D eigenvalue weighted by Gasteiger charge is 2.25. The first-order valence-electron chi connectivity index (χ1n) is 8.23. The number of likely N-dealkylation sites (N-methyl/N-ethyl adjacent to an activating group) is 1. The predicted molar refractivity (Wildman–Crippen MR) is 83.2 cm³/mol. The Morgan fingerprint density at radius 1 is 1.25 bits per heavy atom. The number of aromatic nitrogens is 2. The van der Waals surface area contributed by atoms with Crippen LogP contribution in [0.3, 0.4) is 0 Å². The Labute approximate surface area is 122 Å². The number of nitrogens with zero attached hydrogens (tertiary/aromatic N) is 3. The quantitative estimate of drug-likeness (QED) is 0.866. The molecule has 1 N–H and O–H groups in total. The predicted octanol–water partition coefficient (Wildman–Crippen LogP) is 3.20. The van der Waals surface area contributed by atoms with E-state index in [1.807, 2.05) is 0 Å². The average Bonchev–Trinajstić information content (AvgIpc) is 3.24. The molecule has 4 nitrogen and oxygen atoms in total. The highest BCUT2D eigenvalue weighted by Crippen LogP contribution is 2.30. The second-order valence-electron chi connectivity index (χ2n) is 6.54. The molecule has 2 aliphatic rings. The summed E-state index contributed by atoms with van der Waals surface area (Å²) in [6.45, 7) is 4.21. The first-order valence-corrected chi connectivity index (χ1v) is 8.23. The van der Waals surface area contributed by atoms with Crippen LogP contribution in [0.25, 0.3) is 0 Å². The number of hydrogen-bond acceptors (Lipinski definition) is 3. The zero-order chi connectivity index (χ0) is 13.9. The summed E-state index contributed by atoms with van der Waals surface area (Å²) >= 11 is 0. The van der Waals surface area contributed by atoms with Crippen LogP contribution in [0.2, 0.25) is 0 Å². The first-order chi connectivity index (χ1) is 9.74. The summed E-state index contributed by atoms with van der Waals surface area (Å²) in [7, 11) is 2.23. The molecule has 1 heterocycles. The van der Waals surface area contributed by atoms with E-state index in [1.54, 1.807) is 0 Å². The van der Waals surface area contributed by atoms with Crippen molar-refractivity contribution in [2.24, 2.45) is 0 Å². The second-order valence-corrected chi connectivity index (χ2v) is 6.54. The van der Waals surface area contributed by atoms with Crippen LogP contribution in [0.1, 0.15) is 56.7 Å². The van der Waals surface area contributed by atoms with Crippen molar-refractivity contribution < 1.29 is 0 Å². The van der Waals surface area contributed by atoms with Crippen molar-refractivity contribution in [3.8, 4) is 0 Å². The van der Waals surface area contributed by atoms with Gasteiger partial charge in [-0.3, -0.25) is 0 Å². The molecule has 0 unspecified atom stereocenters. The van der Waals surface area contributed by atoms with E-state index in [0.29, 0.717) is 6.04 Å². The number of nitrogens with one attached hydrogen (secondary N) is 1. The SMILES string of the molecule is Cc1cn(C2CCCCC2)c(NCCN(C)C2CC2)n1. The Kier molecular flexibility index (Phi) is 4.29. The molecule has 0 saturated heterocycles. The van der Waals surface area contributed by atoms with Crippen LogP contribution >= 0.6 is 0 Å². The van der Waals surface area contributed by atoms with Crippen LogP contribution in [0.4, 0.5) is 5.95 Å². The van der Waals surface area contributed by atoms with Crippen molar-refractivity contribution in [1.29, 1.82) is 0 Å². The molecule has 0 spiro atoms. The van der Waals surface area contributed by atoms with Crippen LogP contribution in [0, 0.1) is 6.92 Å². The van der Waals surface area contributed by atoms with Crippen molar-refractivity contribution in [2.75, 3.05) is 25.5 Å². The molecule has 2 aliphatic carbocycles. The molecule has 0 bridgehead atoms. The fourth-order valence-corrected chi connectivity index (χ4v) is 3.33. The summed E-state index contributed by atoms with van der Waals surface area (Å²) in [5.74, 6) is 1.08. The van der Waals surface area contributed by atoms with Crippen molar-refractivity contribution in [1.82, 2.24) is 14.5 Å². The summed E-state index contributed by atoms with van der Waals surface area (Å²) in [5, 5.41) is 3.56. The third kappa shape index (κ3) is 3.35. The Hall–Kier alpha value is -1.03. The lowest BCUT2D eigenvalue weighted by molar-refractivity contribution is 0.335. The van der Waals surface area contributed by atoms with Gasteiger partial charge in [-0.05, 0) is 39.7 Å². The molecule has 2 fully saturated rings. The maximum Gasteiger partial charge on any atom is 0.203 e. The van der Waals surface area contributed by atoms with E-state index in [9.17, 15) is 0 Å². The summed E-state index contributed by atoms with van der Waals surface area (Å²) in [6, 6.07) is 1.50. The molecule has 0 amide bonds. The van der Waals surface area contributed by atoms with Crippen LogP contribution in [-0.4, -0.2) is 40.6 Å². The Balaban J connectivity index is 1.57. The average molecular weight is 276 g/mol. The fraction of sp³-hybridized carbons (Fsp3) is 0.812. The fourth-order valence-electron chi connectivity index (χ4n) is 3.33. The minimum atomic E-state index is 0.661. The lowest BCUT2D eigenvalue weighted by Gasteiger charge is -2.25. The molecule has 0 atom stereocenters. The molecule has 112 valence electrons. The van der Waals surface area contributed by atoms with Crippen LogP contribution < -0.4 is 5.32 Å². The number of anilines is 1. The number of aryl methyl sites for hydroxylation is 1. The van der Waals surface area contributed by atoms with E-state index in [2.05, 4.69) is 39.9 Å². The van der Waals surface area contributed by atoms with E-state index in [0.717, 1.165) is 30.8 Å². The first kappa shape index (κ1) is 13.9. The topological polar surface area (TPSA) is 33.1 Å². The van der Waals surface area contributed by atoms with E-state index in [1.165, 1.54) is 44.9 Å². The summed E-state index contributed by atoms with van der Waals surface area (Å²) in [6.07, 6.45) is 11.7. The smallest absolute Gasteiger partial charge is 0.203 e. The van der Waals surface area contributed by atoms with Gasteiger partial charge in [0.2, 0.25) is 5.95 Å². The number of imidazole rings is 1. The van der Waals surface area contributed by atoms with Gasteiger partial charge in [0, 0.05) is 31.4 Å². The van der Waals surface area contributed by atoms with Gasteiger partial charge in [0.25, 0.3) is 0 Å². The third-order valence-electron chi connectivity index (χ3n) is 4.74. The Morgan fingerprint density at radius 2 is 2.00 bits per heavy atom.